The molecule has 2 aromatic carbocycles. The van der Waals surface area contributed by atoms with Crippen molar-refractivity contribution in [3.05, 3.63) is 71.3 Å². The average Bonchev–Trinajstić information content (AvgIpc) is 2.83. The number of methoxy groups -OCH3 is 1. The van der Waals surface area contributed by atoms with E-state index in [1.54, 1.807) is 50.3 Å². The van der Waals surface area contributed by atoms with Crippen LogP contribution in [0.15, 0.2) is 59.8 Å². The zero-order chi connectivity index (χ0) is 25.4. The molecule has 0 saturated carbocycles. The SMILES string of the molecule is C/C=C(\C)c1cccc(C(F)(F)F)c1.CO.CO/N=C(\OC)C(=N)c1ccccc1OC=O. The van der Waals surface area contributed by atoms with Gasteiger partial charge in [0.1, 0.15) is 18.6 Å². The fourth-order valence-electron chi connectivity index (χ4n) is 2.32. The standard InChI is InChI=1S/C11H11F3.C11H12N2O4.CH4O/c1-3-8(2)9-5-4-6-10(7-9)11(12,13)14;1-15-11(13-16-2)10(12)8-5-3-4-6-9(8)17-7-14;1-2/h3-7H,1-2H3;3-7,12H,1-2H3;2H,1H3/b8-3+;12-10?,13-11-;. The minimum Gasteiger partial charge on any atom is -0.477 e. The Labute approximate surface area is 190 Å². The topological polar surface area (TPSA) is 101 Å². The summed E-state index contributed by atoms with van der Waals surface area (Å²) in [6.07, 6.45) is -2.47. The van der Waals surface area contributed by atoms with Crippen LogP contribution in [0.25, 0.3) is 5.57 Å². The van der Waals surface area contributed by atoms with Crippen LogP contribution in [-0.2, 0) is 20.5 Å². The molecule has 2 N–H and O–H groups in total. The van der Waals surface area contributed by atoms with E-state index in [-0.39, 0.29) is 17.4 Å². The van der Waals surface area contributed by atoms with Crippen LogP contribution >= 0.6 is 0 Å². The Balaban J connectivity index is 0.000000586. The van der Waals surface area contributed by atoms with Crippen LogP contribution < -0.4 is 4.74 Å². The Morgan fingerprint density at radius 1 is 1.09 bits per heavy atom. The van der Waals surface area contributed by atoms with Crippen LogP contribution in [0.3, 0.4) is 0 Å². The number of allylic oxidation sites excluding steroid dienone is 2. The van der Waals surface area contributed by atoms with Crippen LogP contribution in [0.2, 0.25) is 0 Å². The van der Waals surface area contributed by atoms with Crippen LogP contribution in [-0.4, -0.2) is 44.5 Å². The van der Waals surface area contributed by atoms with Crippen LogP contribution in [0, 0.1) is 5.41 Å². The molecule has 0 heterocycles. The van der Waals surface area contributed by atoms with Gasteiger partial charge < -0.3 is 19.4 Å². The van der Waals surface area contributed by atoms with Crippen molar-refractivity contribution in [3.8, 4) is 5.75 Å². The number of para-hydroxylation sites is 1. The number of aliphatic hydroxyl groups excluding tert-OH is 1. The Morgan fingerprint density at radius 2 is 1.73 bits per heavy atom. The number of hydrogen-bond donors (Lipinski definition) is 2. The van der Waals surface area contributed by atoms with Gasteiger partial charge in [-0.25, -0.2) is 0 Å². The molecule has 2 aromatic rings. The highest BCUT2D eigenvalue weighted by atomic mass is 19.4. The Kier molecular flexibility index (Phi) is 13.5. The average molecular weight is 468 g/mol. The number of benzene rings is 2. The van der Waals surface area contributed by atoms with E-state index in [1.165, 1.54) is 20.3 Å². The Morgan fingerprint density at radius 3 is 2.24 bits per heavy atom. The summed E-state index contributed by atoms with van der Waals surface area (Å²) in [5.41, 5.74) is 1.21. The lowest BCUT2D eigenvalue weighted by Gasteiger charge is -2.09. The monoisotopic (exact) mass is 468 g/mol. The van der Waals surface area contributed by atoms with Gasteiger partial charge in [-0.3, -0.25) is 10.2 Å². The summed E-state index contributed by atoms with van der Waals surface area (Å²) in [5.74, 6) is 0.253. The van der Waals surface area contributed by atoms with Gasteiger partial charge in [0.05, 0.1) is 12.7 Å². The van der Waals surface area contributed by atoms with Crippen LogP contribution in [0.1, 0.15) is 30.5 Å². The smallest absolute Gasteiger partial charge is 0.416 e. The molecule has 33 heavy (non-hydrogen) atoms. The molecule has 0 aromatic heterocycles. The molecule has 0 fully saturated rings. The first-order valence-electron chi connectivity index (χ1n) is 9.38. The number of halogens is 3. The van der Waals surface area contributed by atoms with Crippen LogP contribution in [0.4, 0.5) is 13.2 Å². The lowest BCUT2D eigenvalue weighted by molar-refractivity contribution is -0.137. The van der Waals surface area contributed by atoms with E-state index >= 15 is 0 Å². The first-order valence-corrected chi connectivity index (χ1v) is 9.38. The maximum Gasteiger partial charge on any atom is 0.416 e. The maximum absolute atomic E-state index is 12.3. The number of nitrogens with zero attached hydrogens (tertiary/aromatic N) is 1. The summed E-state index contributed by atoms with van der Waals surface area (Å²) in [5, 5.41) is 18.4. The number of alkyl halides is 3. The minimum atomic E-state index is -4.26. The Bertz CT molecular complexity index is 957. The summed E-state index contributed by atoms with van der Waals surface area (Å²) in [6.45, 7) is 3.89. The molecule has 0 aliphatic heterocycles. The van der Waals surface area contributed by atoms with Gasteiger partial charge in [-0.2, -0.15) is 13.2 Å². The van der Waals surface area contributed by atoms with Crippen molar-refractivity contribution in [2.45, 2.75) is 20.0 Å². The van der Waals surface area contributed by atoms with Gasteiger partial charge in [0.2, 0.25) is 0 Å². The molecule has 0 aliphatic carbocycles. The van der Waals surface area contributed by atoms with Crippen molar-refractivity contribution in [1.82, 2.24) is 0 Å². The van der Waals surface area contributed by atoms with E-state index in [4.69, 9.17) is 20.0 Å². The molecule has 0 radical (unpaired) electrons. The third-order valence-corrected chi connectivity index (χ3v) is 3.99. The number of nitrogens with one attached hydrogen (secondary N) is 1. The maximum atomic E-state index is 12.3. The number of ether oxygens (including phenoxy) is 2. The number of hydrogen-bond acceptors (Lipinski definition) is 7. The molecule has 0 saturated heterocycles. The predicted molar refractivity (Wildman–Crippen MR) is 120 cm³/mol. The second-order valence-electron chi connectivity index (χ2n) is 5.92. The first-order chi connectivity index (χ1) is 15.7. The van der Waals surface area contributed by atoms with Gasteiger partial charge >= 0.3 is 6.18 Å². The van der Waals surface area contributed by atoms with Gasteiger partial charge in [-0.15, -0.1) is 0 Å². The molecular weight excluding hydrogens is 441 g/mol. The van der Waals surface area contributed by atoms with Crippen molar-refractivity contribution in [3.63, 3.8) is 0 Å². The quantitative estimate of drug-likeness (QED) is 0.271. The lowest BCUT2D eigenvalue weighted by atomic mass is 10.0. The summed E-state index contributed by atoms with van der Waals surface area (Å²) in [7, 11) is 3.72. The largest absolute Gasteiger partial charge is 0.477 e. The summed E-state index contributed by atoms with van der Waals surface area (Å²) >= 11 is 0. The predicted octanol–water partition coefficient (Wildman–Crippen LogP) is 4.93. The van der Waals surface area contributed by atoms with Crippen molar-refractivity contribution in [2.24, 2.45) is 5.16 Å². The second-order valence-corrected chi connectivity index (χ2v) is 5.92. The number of rotatable bonds is 6. The highest BCUT2D eigenvalue weighted by molar-refractivity contribution is 6.44. The fourth-order valence-corrected chi connectivity index (χ4v) is 2.32. The summed E-state index contributed by atoms with van der Waals surface area (Å²) in [6, 6.07) is 11.9. The van der Waals surface area contributed by atoms with Crippen molar-refractivity contribution < 1.29 is 37.4 Å². The van der Waals surface area contributed by atoms with Crippen LogP contribution in [0.5, 0.6) is 5.75 Å². The molecule has 0 bridgehead atoms. The van der Waals surface area contributed by atoms with E-state index in [0.29, 0.717) is 17.6 Å². The van der Waals surface area contributed by atoms with E-state index in [0.717, 1.165) is 24.8 Å². The third kappa shape index (κ3) is 9.56. The fraction of sp³-hybridized carbons (Fsp3) is 0.261. The van der Waals surface area contributed by atoms with E-state index in [9.17, 15) is 18.0 Å². The minimum absolute atomic E-state index is 0.00514. The van der Waals surface area contributed by atoms with Gasteiger partial charge in [-0.1, -0.05) is 30.3 Å². The number of oxime groups is 1. The third-order valence-electron chi connectivity index (χ3n) is 3.99. The molecule has 180 valence electrons. The highest BCUT2D eigenvalue weighted by Crippen LogP contribution is 2.30. The van der Waals surface area contributed by atoms with Crippen molar-refractivity contribution >= 4 is 23.7 Å². The zero-order valence-corrected chi connectivity index (χ0v) is 18.9. The van der Waals surface area contributed by atoms with Gasteiger partial charge in [0.25, 0.3) is 12.4 Å². The lowest BCUT2D eigenvalue weighted by Crippen LogP contribution is -2.17. The number of aliphatic hydroxyl groups is 1. The van der Waals surface area contributed by atoms with E-state index in [1.807, 2.05) is 0 Å². The molecule has 2 rings (SSSR count). The highest BCUT2D eigenvalue weighted by Gasteiger charge is 2.30. The van der Waals surface area contributed by atoms with E-state index in [2.05, 4.69) is 9.99 Å². The number of carbonyl (C=O) groups is 1. The molecule has 7 nitrogen and oxygen atoms in total. The molecular formula is C23H27F3N2O5. The van der Waals surface area contributed by atoms with Gasteiger partial charge in [-0.05, 0) is 54.4 Å². The molecule has 0 amide bonds. The summed E-state index contributed by atoms with van der Waals surface area (Å²) in [4.78, 5) is 14.9. The molecule has 0 spiro atoms. The zero-order valence-electron chi connectivity index (χ0n) is 18.9. The second kappa shape index (κ2) is 15.2. The Hall–Kier alpha value is -3.66. The molecule has 0 aliphatic rings. The van der Waals surface area contributed by atoms with Gasteiger partial charge in [0, 0.05) is 12.7 Å². The normalized spacial score (nSPS) is 11.2. The van der Waals surface area contributed by atoms with Crippen molar-refractivity contribution in [2.75, 3.05) is 21.3 Å². The van der Waals surface area contributed by atoms with Crippen molar-refractivity contribution in [1.29, 1.82) is 5.41 Å². The first kappa shape index (κ1) is 29.3. The summed E-state index contributed by atoms with van der Waals surface area (Å²) < 4.78 is 46.6. The number of carbonyl (C=O) groups excluding carboxylic acids is 1. The van der Waals surface area contributed by atoms with Gasteiger partial charge in [0.15, 0.2) is 0 Å². The molecule has 0 unspecified atom stereocenters. The van der Waals surface area contributed by atoms with E-state index < -0.39 is 11.7 Å². The molecule has 0 atom stereocenters. The molecule has 10 heteroatoms.